The highest BCUT2D eigenvalue weighted by molar-refractivity contribution is 6.03. The van der Waals surface area contributed by atoms with E-state index in [-0.39, 0.29) is 11.9 Å². The van der Waals surface area contributed by atoms with Crippen LogP contribution in [0.5, 0.6) is 5.75 Å². The van der Waals surface area contributed by atoms with E-state index in [0.29, 0.717) is 0 Å². The summed E-state index contributed by atoms with van der Waals surface area (Å²) in [4.78, 5) is 0. The molecule has 130 valence electrons. The van der Waals surface area contributed by atoms with Crippen LogP contribution in [0.3, 0.4) is 0 Å². The number of anilines is 1. The van der Waals surface area contributed by atoms with Gasteiger partial charge in [-0.1, -0.05) is 48.5 Å². The molecule has 0 saturated carbocycles. The minimum atomic E-state index is -0.242. The zero-order valence-electron chi connectivity index (χ0n) is 14.5. The molecule has 3 nitrogen and oxygen atoms in total. The average molecular weight is 346 g/mol. The van der Waals surface area contributed by atoms with Gasteiger partial charge < -0.3 is 4.74 Å². The maximum absolute atomic E-state index is 13.3. The van der Waals surface area contributed by atoms with Crippen molar-refractivity contribution < 1.29 is 9.13 Å². The smallest absolute Gasteiger partial charge is 0.124 e. The third kappa shape index (κ3) is 3.06. The topological polar surface area (TPSA) is 24.8 Å². The summed E-state index contributed by atoms with van der Waals surface area (Å²) >= 11 is 0. The third-order valence-electron chi connectivity index (χ3n) is 4.61. The molecule has 4 rings (SSSR count). The summed E-state index contributed by atoms with van der Waals surface area (Å²) in [6.45, 7) is 0. The summed E-state index contributed by atoms with van der Waals surface area (Å²) in [5.74, 6) is 0.600. The van der Waals surface area contributed by atoms with Crippen LogP contribution < -0.4 is 9.75 Å². The first-order valence-electron chi connectivity index (χ1n) is 8.57. The second-order valence-corrected chi connectivity index (χ2v) is 6.20. The minimum Gasteiger partial charge on any atom is -0.496 e. The van der Waals surface area contributed by atoms with Crippen molar-refractivity contribution in [2.75, 3.05) is 12.1 Å². The van der Waals surface area contributed by atoms with Crippen LogP contribution in [0.25, 0.3) is 0 Å². The molecule has 3 aromatic carbocycles. The molecular weight excluding hydrogens is 327 g/mol. The van der Waals surface area contributed by atoms with Crippen molar-refractivity contribution in [3.05, 3.63) is 95.8 Å². The van der Waals surface area contributed by atoms with Crippen molar-refractivity contribution in [1.82, 2.24) is 0 Å². The lowest BCUT2D eigenvalue weighted by molar-refractivity contribution is 0.405. The first-order valence-corrected chi connectivity index (χ1v) is 8.57. The maximum Gasteiger partial charge on any atom is 0.124 e. The second kappa shape index (κ2) is 7.00. The summed E-state index contributed by atoms with van der Waals surface area (Å²) in [6.07, 6.45) is 0.723. The van der Waals surface area contributed by atoms with Gasteiger partial charge in [0, 0.05) is 12.0 Å². The van der Waals surface area contributed by atoms with Crippen LogP contribution in [0.2, 0.25) is 0 Å². The predicted molar refractivity (Wildman–Crippen MR) is 102 cm³/mol. The summed E-state index contributed by atoms with van der Waals surface area (Å²) in [5.41, 5.74) is 3.97. The molecule has 0 bridgehead atoms. The summed E-state index contributed by atoms with van der Waals surface area (Å²) in [7, 11) is 1.68. The molecule has 0 aliphatic carbocycles. The monoisotopic (exact) mass is 346 g/mol. The van der Waals surface area contributed by atoms with Gasteiger partial charge in [-0.2, -0.15) is 5.10 Å². The Morgan fingerprint density at radius 2 is 1.62 bits per heavy atom. The van der Waals surface area contributed by atoms with Gasteiger partial charge in [-0.3, -0.25) is 5.01 Å². The molecule has 0 amide bonds. The molecule has 0 aromatic heterocycles. The molecule has 1 unspecified atom stereocenters. The Balaban J connectivity index is 1.77. The lowest BCUT2D eigenvalue weighted by atomic mass is 9.97. The van der Waals surface area contributed by atoms with Crippen molar-refractivity contribution in [3.63, 3.8) is 0 Å². The van der Waals surface area contributed by atoms with E-state index in [4.69, 9.17) is 9.84 Å². The number of rotatable bonds is 4. The van der Waals surface area contributed by atoms with E-state index in [1.807, 2.05) is 53.5 Å². The Hall–Kier alpha value is -3.14. The van der Waals surface area contributed by atoms with Crippen molar-refractivity contribution in [2.45, 2.75) is 12.5 Å². The summed E-state index contributed by atoms with van der Waals surface area (Å²) in [6, 6.07) is 24.6. The van der Waals surface area contributed by atoms with Gasteiger partial charge in [-0.15, -0.1) is 0 Å². The van der Waals surface area contributed by atoms with Crippen LogP contribution in [0.15, 0.2) is 84.0 Å². The van der Waals surface area contributed by atoms with E-state index >= 15 is 0 Å². The quantitative estimate of drug-likeness (QED) is 0.649. The van der Waals surface area contributed by atoms with Crippen LogP contribution in [-0.2, 0) is 0 Å². The molecule has 0 radical (unpaired) electrons. The van der Waals surface area contributed by atoms with Crippen molar-refractivity contribution in [3.8, 4) is 5.75 Å². The zero-order chi connectivity index (χ0) is 17.9. The van der Waals surface area contributed by atoms with E-state index in [2.05, 4.69) is 6.07 Å². The van der Waals surface area contributed by atoms with Gasteiger partial charge in [0.25, 0.3) is 0 Å². The molecule has 0 N–H and O–H groups in total. The Bertz CT molecular complexity index is 922. The number of hydrazone groups is 1. The zero-order valence-corrected chi connectivity index (χ0v) is 14.5. The van der Waals surface area contributed by atoms with Gasteiger partial charge >= 0.3 is 0 Å². The summed E-state index contributed by atoms with van der Waals surface area (Å²) in [5, 5.41) is 6.89. The minimum absolute atomic E-state index is 0.0219. The number of hydrogen-bond acceptors (Lipinski definition) is 3. The van der Waals surface area contributed by atoms with E-state index < -0.39 is 0 Å². The second-order valence-electron chi connectivity index (χ2n) is 6.20. The number of halogens is 1. The fourth-order valence-electron chi connectivity index (χ4n) is 3.33. The Morgan fingerprint density at radius 1 is 0.923 bits per heavy atom. The molecule has 0 fully saturated rings. The van der Waals surface area contributed by atoms with Crippen molar-refractivity contribution in [1.29, 1.82) is 0 Å². The van der Waals surface area contributed by atoms with Crippen LogP contribution in [0, 0.1) is 5.82 Å². The van der Waals surface area contributed by atoms with Gasteiger partial charge in [-0.25, -0.2) is 4.39 Å². The highest BCUT2D eigenvalue weighted by Crippen LogP contribution is 2.39. The Kier molecular flexibility index (Phi) is 4.40. The van der Waals surface area contributed by atoms with Gasteiger partial charge in [0.1, 0.15) is 11.6 Å². The fraction of sp³-hybridized carbons (Fsp3) is 0.136. The largest absolute Gasteiger partial charge is 0.496 e. The maximum atomic E-state index is 13.3. The van der Waals surface area contributed by atoms with Crippen LogP contribution >= 0.6 is 0 Å². The van der Waals surface area contributed by atoms with Crippen molar-refractivity contribution in [2.24, 2.45) is 5.10 Å². The van der Waals surface area contributed by atoms with Crippen LogP contribution in [0.1, 0.15) is 23.6 Å². The number of methoxy groups -OCH3 is 1. The molecule has 1 aliphatic heterocycles. The molecule has 1 atom stereocenters. The highest BCUT2D eigenvalue weighted by Gasteiger charge is 2.31. The first-order chi connectivity index (χ1) is 12.8. The number of ether oxygens (including phenoxy) is 1. The van der Waals surface area contributed by atoms with Gasteiger partial charge in [0.05, 0.1) is 24.6 Å². The Labute approximate surface area is 152 Å². The molecule has 0 spiro atoms. The lowest BCUT2D eigenvalue weighted by Gasteiger charge is -2.25. The fourth-order valence-corrected chi connectivity index (χ4v) is 3.33. The first kappa shape index (κ1) is 16.3. The molecule has 4 heteroatoms. The third-order valence-corrected chi connectivity index (χ3v) is 4.61. The van der Waals surface area contributed by atoms with E-state index in [0.717, 1.165) is 34.7 Å². The number of benzene rings is 3. The number of hydrogen-bond donors (Lipinski definition) is 0. The number of nitrogens with zero attached hydrogens (tertiary/aromatic N) is 2. The van der Waals surface area contributed by atoms with E-state index in [9.17, 15) is 4.39 Å². The van der Waals surface area contributed by atoms with Crippen LogP contribution in [0.4, 0.5) is 10.1 Å². The number of para-hydroxylation sites is 2. The normalized spacial score (nSPS) is 16.5. The molecule has 0 saturated heterocycles. The standard InChI is InChI=1S/C22H19FN2O/c1-26-22-10-6-5-9-19(22)21-15-20(16-11-13-17(23)14-12-16)24-25(21)18-7-3-2-4-8-18/h2-14,21H,15H2,1H3. The van der Waals surface area contributed by atoms with E-state index in [1.165, 1.54) is 12.1 Å². The van der Waals surface area contributed by atoms with Crippen molar-refractivity contribution >= 4 is 11.4 Å². The Morgan fingerprint density at radius 3 is 2.35 bits per heavy atom. The molecule has 26 heavy (non-hydrogen) atoms. The predicted octanol–water partition coefficient (Wildman–Crippen LogP) is 5.19. The SMILES string of the molecule is COc1ccccc1C1CC(c2ccc(F)cc2)=NN1c1ccccc1. The van der Waals surface area contributed by atoms with Gasteiger partial charge in [-0.05, 0) is 35.9 Å². The van der Waals surface area contributed by atoms with E-state index in [1.54, 1.807) is 19.2 Å². The summed E-state index contributed by atoms with van der Waals surface area (Å²) < 4.78 is 18.9. The van der Waals surface area contributed by atoms with Crippen LogP contribution in [-0.4, -0.2) is 12.8 Å². The average Bonchev–Trinajstić information content (AvgIpc) is 3.14. The molecular formula is C22H19FN2O. The molecule has 1 heterocycles. The highest BCUT2D eigenvalue weighted by atomic mass is 19.1. The van der Waals surface area contributed by atoms with Gasteiger partial charge in [0.15, 0.2) is 0 Å². The molecule has 1 aliphatic rings. The van der Waals surface area contributed by atoms with Gasteiger partial charge in [0.2, 0.25) is 0 Å². The lowest BCUT2D eigenvalue weighted by Crippen LogP contribution is -2.19. The molecule has 3 aromatic rings.